The molecule has 102 valence electrons. The van der Waals surface area contributed by atoms with Crippen molar-refractivity contribution in [3.8, 4) is 0 Å². The summed E-state index contributed by atoms with van der Waals surface area (Å²) in [5.41, 5.74) is 0. The molecule has 1 aromatic rings. The molecule has 0 aliphatic heterocycles. The molecule has 7 heteroatoms. The Morgan fingerprint density at radius 1 is 1.44 bits per heavy atom. The topological polar surface area (TPSA) is 89.3 Å². The van der Waals surface area contributed by atoms with Crippen LogP contribution in [0, 0.1) is 6.92 Å². The van der Waals surface area contributed by atoms with E-state index in [9.17, 15) is 4.79 Å². The van der Waals surface area contributed by atoms with Gasteiger partial charge in [0.25, 0.3) is 0 Å². The summed E-state index contributed by atoms with van der Waals surface area (Å²) in [5, 5.41) is 9.48. The third-order valence-corrected chi connectivity index (χ3v) is 2.22. The fourth-order valence-electron chi connectivity index (χ4n) is 1.35. The van der Waals surface area contributed by atoms with Gasteiger partial charge < -0.3 is 19.9 Å². The molecule has 0 saturated carbocycles. The van der Waals surface area contributed by atoms with E-state index in [4.69, 9.17) is 9.26 Å². The van der Waals surface area contributed by atoms with E-state index in [0.717, 1.165) is 6.42 Å². The molecule has 0 radical (unpaired) electrons. The summed E-state index contributed by atoms with van der Waals surface area (Å²) in [6.45, 7) is 3.99. The average Bonchev–Trinajstić information content (AvgIpc) is 2.76. The Bertz CT molecular complexity index is 354. The second-order valence-corrected chi connectivity index (χ2v) is 3.86. The Morgan fingerprint density at radius 3 is 2.94 bits per heavy atom. The number of carbonyl (C=O) groups is 1. The summed E-state index contributed by atoms with van der Waals surface area (Å²) in [4.78, 5) is 15.4. The molecule has 7 nitrogen and oxygen atoms in total. The van der Waals surface area contributed by atoms with Crippen LogP contribution in [0.15, 0.2) is 4.52 Å². The van der Waals surface area contributed by atoms with Crippen LogP contribution in [-0.2, 0) is 16.0 Å². The van der Waals surface area contributed by atoms with E-state index < -0.39 is 0 Å². The number of nitrogens with zero attached hydrogens (tertiary/aromatic N) is 2. The second kappa shape index (κ2) is 8.60. The molecule has 0 saturated heterocycles. The molecule has 0 fully saturated rings. The van der Waals surface area contributed by atoms with Gasteiger partial charge in [0.15, 0.2) is 5.82 Å². The van der Waals surface area contributed by atoms with Crippen molar-refractivity contribution in [1.82, 2.24) is 20.8 Å². The first-order chi connectivity index (χ1) is 8.72. The van der Waals surface area contributed by atoms with E-state index in [0.29, 0.717) is 44.4 Å². The molecule has 0 spiro atoms. The molecule has 2 N–H and O–H groups in total. The van der Waals surface area contributed by atoms with Crippen LogP contribution in [0.5, 0.6) is 0 Å². The zero-order chi connectivity index (χ0) is 13.2. The summed E-state index contributed by atoms with van der Waals surface area (Å²) >= 11 is 0. The average molecular weight is 256 g/mol. The van der Waals surface area contributed by atoms with Crippen LogP contribution in [0.2, 0.25) is 0 Å². The molecule has 1 aromatic heterocycles. The number of aryl methyl sites for hydroxylation is 1. The minimum absolute atomic E-state index is 0.0205. The third kappa shape index (κ3) is 6.31. The fourth-order valence-corrected chi connectivity index (χ4v) is 1.35. The van der Waals surface area contributed by atoms with Crippen LogP contribution in [0.3, 0.4) is 0 Å². The molecular formula is C11H20N4O3. The lowest BCUT2D eigenvalue weighted by Crippen LogP contribution is -2.35. The van der Waals surface area contributed by atoms with Crippen LogP contribution in [-0.4, -0.2) is 49.4 Å². The Kier molecular flexibility index (Phi) is 6.97. The first-order valence-corrected chi connectivity index (χ1v) is 5.98. The summed E-state index contributed by atoms with van der Waals surface area (Å²) in [6, 6.07) is 0. The van der Waals surface area contributed by atoms with E-state index in [1.165, 1.54) is 0 Å². The Morgan fingerprint density at radius 2 is 2.28 bits per heavy atom. The molecule has 1 heterocycles. The van der Waals surface area contributed by atoms with Gasteiger partial charge in [0.1, 0.15) is 0 Å². The van der Waals surface area contributed by atoms with Crippen LogP contribution in [0.4, 0.5) is 0 Å². The zero-order valence-corrected chi connectivity index (χ0v) is 10.9. The summed E-state index contributed by atoms with van der Waals surface area (Å²) < 4.78 is 9.83. The van der Waals surface area contributed by atoms with Crippen LogP contribution >= 0.6 is 0 Å². The van der Waals surface area contributed by atoms with Gasteiger partial charge in [-0.25, -0.2) is 0 Å². The van der Waals surface area contributed by atoms with Gasteiger partial charge in [-0.2, -0.15) is 4.98 Å². The molecule has 0 unspecified atom stereocenters. The third-order valence-electron chi connectivity index (χ3n) is 2.22. The molecule has 18 heavy (non-hydrogen) atoms. The van der Waals surface area contributed by atoms with Crippen LogP contribution in [0.1, 0.15) is 18.1 Å². The highest BCUT2D eigenvalue weighted by Gasteiger charge is 2.03. The van der Waals surface area contributed by atoms with Crippen molar-refractivity contribution in [2.45, 2.75) is 19.8 Å². The number of hydrogen-bond acceptors (Lipinski definition) is 6. The molecule has 0 atom stereocenters. The van der Waals surface area contributed by atoms with Crippen LogP contribution < -0.4 is 10.6 Å². The van der Waals surface area contributed by atoms with Gasteiger partial charge in [-0.05, 0) is 13.3 Å². The second-order valence-electron chi connectivity index (χ2n) is 3.86. The van der Waals surface area contributed by atoms with Gasteiger partial charge in [-0.15, -0.1) is 0 Å². The normalized spacial score (nSPS) is 10.6. The van der Waals surface area contributed by atoms with Gasteiger partial charge in [-0.3, -0.25) is 4.79 Å². The van der Waals surface area contributed by atoms with Gasteiger partial charge in [0.2, 0.25) is 11.8 Å². The van der Waals surface area contributed by atoms with Gasteiger partial charge in [0.05, 0.1) is 6.54 Å². The number of hydrogen-bond donors (Lipinski definition) is 2. The highest BCUT2D eigenvalue weighted by molar-refractivity contribution is 5.77. The predicted octanol–water partition coefficient (Wildman–Crippen LogP) is -0.337. The van der Waals surface area contributed by atoms with Crippen molar-refractivity contribution < 1.29 is 14.1 Å². The lowest BCUT2D eigenvalue weighted by Gasteiger charge is -2.05. The minimum Gasteiger partial charge on any atom is -0.385 e. The number of carbonyl (C=O) groups excluding carboxylic acids is 1. The number of aromatic nitrogens is 2. The quantitative estimate of drug-likeness (QED) is 0.588. The molecule has 1 rings (SSSR count). The van der Waals surface area contributed by atoms with Gasteiger partial charge in [0, 0.05) is 33.2 Å². The van der Waals surface area contributed by atoms with Crippen molar-refractivity contribution >= 4 is 5.91 Å². The first-order valence-electron chi connectivity index (χ1n) is 5.98. The Hall–Kier alpha value is -1.47. The molecule has 1 amide bonds. The highest BCUT2D eigenvalue weighted by Crippen LogP contribution is 1.95. The Labute approximate surface area is 106 Å². The van der Waals surface area contributed by atoms with E-state index in [-0.39, 0.29) is 5.91 Å². The summed E-state index contributed by atoms with van der Waals surface area (Å²) in [6.07, 6.45) is 1.45. The maximum atomic E-state index is 11.4. The van der Waals surface area contributed by atoms with E-state index in [1.807, 2.05) is 0 Å². The monoisotopic (exact) mass is 256 g/mol. The largest absolute Gasteiger partial charge is 0.385 e. The lowest BCUT2D eigenvalue weighted by atomic mass is 10.4. The van der Waals surface area contributed by atoms with E-state index in [2.05, 4.69) is 20.8 Å². The smallest absolute Gasteiger partial charge is 0.233 e. The van der Waals surface area contributed by atoms with Gasteiger partial charge >= 0.3 is 0 Å². The number of amides is 1. The lowest BCUT2D eigenvalue weighted by molar-refractivity contribution is -0.120. The number of ether oxygens (including phenoxy) is 1. The van der Waals surface area contributed by atoms with Crippen molar-refractivity contribution in [3.05, 3.63) is 11.7 Å². The molecule has 0 aliphatic rings. The minimum atomic E-state index is -0.0205. The fraction of sp³-hybridized carbons (Fsp3) is 0.727. The van der Waals surface area contributed by atoms with E-state index in [1.54, 1.807) is 14.0 Å². The molecular weight excluding hydrogens is 236 g/mol. The molecule has 0 bridgehead atoms. The molecule has 0 aromatic carbocycles. The van der Waals surface area contributed by atoms with Crippen LogP contribution in [0.25, 0.3) is 0 Å². The molecule has 0 aliphatic carbocycles. The summed E-state index contributed by atoms with van der Waals surface area (Å²) in [7, 11) is 1.64. The van der Waals surface area contributed by atoms with Crippen molar-refractivity contribution in [3.63, 3.8) is 0 Å². The first kappa shape index (κ1) is 14.6. The number of nitrogens with one attached hydrogen (secondary N) is 2. The highest BCUT2D eigenvalue weighted by atomic mass is 16.5. The maximum absolute atomic E-state index is 11.4. The summed E-state index contributed by atoms with van der Waals surface area (Å²) in [5.74, 6) is 1.19. The van der Waals surface area contributed by atoms with Crippen molar-refractivity contribution in [2.24, 2.45) is 0 Å². The van der Waals surface area contributed by atoms with E-state index >= 15 is 0 Å². The maximum Gasteiger partial charge on any atom is 0.233 e. The van der Waals surface area contributed by atoms with Gasteiger partial charge in [-0.1, -0.05) is 5.16 Å². The standard InChI is InChI=1S/C11H20N4O3/c1-9-14-11(18-15-9)4-6-12-8-10(16)13-5-3-7-17-2/h12H,3-8H2,1-2H3,(H,13,16). The predicted molar refractivity (Wildman–Crippen MR) is 65.1 cm³/mol. The van der Waals surface area contributed by atoms with Crippen molar-refractivity contribution in [1.29, 1.82) is 0 Å². The SMILES string of the molecule is COCCCNC(=O)CNCCc1nc(C)no1. The Balaban J connectivity index is 1.98. The number of methoxy groups -OCH3 is 1. The van der Waals surface area contributed by atoms with Crippen molar-refractivity contribution in [2.75, 3.05) is 33.4 Å². The number of rotatable bonds is 9. The zero-order valence-electron chi connectivity index (χ0n) is 10.9.